The van der Waals surface area contributed by atoms with E-state index in [1.807, 2.05) is 16.2 Å². The Hall–Kier alpha value is -2.34. The van der Waals surface area contributed by atoms with E-state index in [2.05, 4.69) is 67.8 Å². The van der Waals surface area contributed by atoms with Crippen LogP contribution in [0.2, 0.25) is 0 Å². The monoisotopic (exact) mass is 412 g/mol. The van der Waals surface area contributed by atoms with E-state index >= 15 is 0 Å². The molecule has 0 spiro atoms. The van der Waals surface area contributed by atoms with Gasteiger partial charge < -0.3 is 15.5 Å². The van der Waals surface area contributed by atoms with E-state index in [0.29, 0.717) is 25.6 Å². The molecule has 1 atom stereocenters. The number of benzene rings is 1. The summed E-state index contributed by atoms with van der Waals surface area (Å²) in [6.07, 6.45) is 2.65. The summed E-state index contributed by atoms with van der Waals surface area (Å²) in [5.41, 5.74) is 2.33. The van der Waals surface area contributed by atoms with Crippen molar-refractivity contribution in [1.29, 1.82) is 0 Å². The zero-order chi connectivity index (χ0) is 20.6. The number of nitrogens with zero attached hydrogens (tertiary/aromatic N) is 2. The van der Waals surface area contributed by atoms with Crippen molar-refractivity contribution in [2.75, 3.05) is 13.1 Å². The molecule has 29 heavy (non-hydrogen) atoms. The summed E-state index contributed by atoms with van der Waals surface area (Å²) in [7, 11) is 0. The van der Waals surface area contributed by atoms with Crippen molar-refractivity contribution in [2.45, 2.75) is 59.2 Å². The highest BCUT2D eigenvalue weighted by molar-refractivity contribution is 7.11. The molecule has 2 N–H and O–H groups in total. The number of hydrogen-bond donors (Lipinski definition) is 2. The minimum absolute atomic E-state index is 0.266. The minimum atomic E-state index is 0.266. The Kier molecular flexibility index (Phi) is 7.69. The summed E-state index contributed by atoms with van der Waals surface area (Å²) in [4.78, 5) is 21.3. The second kappa shape index (κ2) is 10.4. The molecule has 3 rings (SSSR count). The van der Waals surface area contributed by atoms with E-state index in [1.54, 1.807) is 0 Å². The van der Waals surface area contributed by atoms with E-state index < -0.39 is 0 Å². The molecule has 0 radical (unpaired) electrons. The predicted molar refractivity (Wildman–Crippen MR) is 121 cm³/mol. The molecule has 0 aliphatic carbocycles. The fraction of sp³-hybridized carbons (Fsp3) is 0.478. The molecular formula is C23H32N4OS. The Morgan fingerprint density at radius 1 is 1.28 bits per heavy atom. The maximum absolute atomic E-state index is 11.9. The van der Waals surface area contributed by atoms with E-state index in [0.717, 1.165) is 37.5 Å². The molecule has 0 bridgehead atoms. The van der Waals surface area contributed by atoms with Gasteiger partial charge in [0.05, 0.1) is 6.54 Å². The number of likely N-dealkylation sites (tertiary alicyclic amines) is 1. The van der Waals surface area contributed by atoms with Crippen LogP contribution >= 0.6 is 11.3 Å². The number of hydrogen-bond acceptors (Lipinski definition) is 3. The number of guanidine groups is 1. The van der Waals surface area contributed by atoms with Crippen molar-refractivity contribution in [1.82, 2.24) is 15.5 Å². The summed E-state index contributed by atoms with van der Waals surface area (Å²) in [5, 5.41) is 6.86. The third kappa shape index (κ3) is 6.60. The first-order valence-electron chi connectivity index (χ1n) is 10.5. The summed E-state index contributed by atoms with van der Waals surface area (Å²) in [5.74, 6) is 1.11. The van der Waals surface area contributed by atoms with Crippen LogP contribution in [0.5, 0.6) is 0 Å². The molecule has 1 aliphatic rings. The normalized spacial score (nSPS) is 15.6. The van der Waals surface area contributed by atoms with Crippen molar-refractivity contribution in [2.24, 2.45) is 4.99 Å². The quantitative estimate of drug-likeness (QED) is 0.511. The van der Waals surface area contributed by atoms with Gasteiger partial charge in [-0.3, -0.25) is 4.79 Å². The average molecular weight is 413 g/mol. The Morgan fingerprint density at radius 3 is 2.79 bits per heavy atom. The number of amides is 1. The molecule has 1 aromatic carbocycles. The Bertz CT molecular complexity index is 845. The lowest BCUT2D eigenvalue weighted by molar-refractivity contribution is -0.128. The summed E-state index contributed by atoms with van der Waals surface area (Å²) in [6, 6.07) is 13.1. The van der Waals surface area contributed by atoms with Crippen LogP contribution < -0.4 is 10.6 Å². The number of aliphatic imine (C=N–C) groups is 1. The summed E-state index contributed by atoms with van der Waals surface area (Å²) >= 11 is 1.85. The number of rotatable bonds is 8. The Morgan fingerprint density at radius 2 is 2.10 bits per heavy atom. The molecule has 1 amide bonds. The number of aryl methyl sites for hydroxylation is 1. The van der Waals surface area contributed by atoms with Crippen LogP contribution in [0.3, 0.4) is 0 Å². The van der Waals surface area contributed by atoms with Crippen molar-refractivity contribution >= 4 is 23.2 Å². The van der Waals surface area contributed by atoms with Crippen LogP contribution in [0.4, 0.5) is 0 Å². The number of nitrogens with one attached hydrogen (secondary N) is 2. The standard InChI is InChI=1S/C23H32N4OS/c1-4-24-23(26-17(2)13-21-11-10-18(3)29-21)25-15-19-7-5-8-20(14-19)16-27-12-6-9-22(27)28/h5,7-8,10-11,14,17H,4,6,9,12-13,15-16H2,1-3H3,(H2,24,25,26). The molecule has 1 saturated heterocycles. The maximum atomic E-state index is 11.9. The largest absolute Gasteiger partial charge is 0.357 e. The molecule has 1 aliphatic heterocycles. The topological polar surface area (TPSA) is 56.7 Å². The van der Waals surface area contributed by atoms with Crippen LogP contribution in [0.25, 0.3) is 0 Å². The summed E-state index contributed by atoms with van der Waals surface area (Å²) in [6.45, 7) is 9.43. The molecular weight excluding hydrogens is 380 g/mol. The lowest BCUT2D eigenvalue weighted by Gasteiger charge is -2.18. The maximum Gasteiger partial charge on any atom is 0.222 e. The molecule has 156 valence electrons. The molecule has 1 aromatic heterocycles. The van der Waals surface area contributed by atoms with Gasteiger partial charge in [-0.05, 0) is 50.5 Å². The molecule has 0 saturated carbocycles. The van der Waals surface area contributed by atoms with E-state index in [1.165, 1.54) is 15.3 Å². The van der Waals surface area contributed by atoms with Gasteiger partial charge in [0.25, 0.3) is 0 Å². The van der Waals surface area contributed by atoms with Crippen LogP contribution in [0, 0.1) is 6.92 Å². The van der Waals surface area contributed by atoms with Crippen molar-refractivity contribution in [3.8, 4) is 0 Å². The van der Waals surface area contributed by atoms with Gasteiger partial charge >= 0.3 is 0 Å². The van der Waals surface area contributed by atoms with Crippen molar-refractivity contribution in [3.63, 3.8) is 0 Å². The third-order valence-electron chi connectivity index (χ3n) is 4.99. The van der Waals surface area contributed by atoms with Gasteiger partial charge in [-0.2, -0.15) is 0 Å². The summed E-state index contributed by atoms with van der Waals surface area (Å²) < 4.78 is 0. The number of carbonyl (C=O) groups excluding carboxylic acids is 1. The van der Waals surface area contributed by atoms with Gasteiger partial charge in [0.2, 0.25) is 5.91 Å². The van der Waals surface area contributed by atoms with Gasteiger partial charge in [0, 0.05) is 48.3 Å². The lowest BCUT2D eigenvalue weighted by Crippen LogP contribution is -2.43. The van der Waals surface area contributed by atoms with Crippen LogP contribution in [-0.2, 0) is 24.3 Å². The fourth-order valence-electron chi connectivity index (χ4n) is 3.59. The van der Waals surface area contributed by atoms with Gasteiger partial charge in [-0.25, -0.2) is 4.99 Å². The van der Waals surface area contributed by atoms with Gasteiger partial charge in [-0.15, -0.1) is 11.3 Å². The second-order valence-electron chi connectivity index (χ2n) is 7.70. The van der Waals surface area contributed by atoms with Crippen molar-refractivity contribution < 1.29 is 4.79 Å². The lowest BCUT2D eigenvalue weighted by atomic mass is 10.1. The second-order valence-corrected chi connectivity index (χ2v) is 9.07. The average Bonchev–Trinajstić information content (AvgIpc) is 3.28. The zero-order valence-electron chi connectivity index (χ0n) is 17.7. The SMILES string of the molecule is CCNC(=NCc1cccc(CN2CCCC2=O)c1)NC(C)Cc1ccc(C)s1. The smallest absolute Gasteiger partial charge is 0.222 e. The zero-order valence-corrected chi connectivity index (χ0v) is 18.5. The fourth-order valence-corrected chi connectivity index (χ4v) is 4.61. The third-order valence-corrected chi connectivity index (χ3v) is 6.01. The van der Waals surface area contributed by atoms with Crippen LogP contribution in [0.1, 0.15) is 47.6 Å². The molecule has 5 nitrogen and oxygen atoms in total. The molecule has 2 aromatic rings. The Balaban J connectivity index is 1.58. The molecule has 1 fully saturated rings. The first-order chi connectivity index (χ1) is 14.0. The van der Waals surface area contributed by atoms with Crippen LogP contribution in [0.15, 0.2) is 41.4 Å². The highest BCUT2D eigenvalue weighted by atomic mass is 32.1. The van der Waals surface area contributed by atoms with Gasteiger partial charge in [-0.1, -0.05) is 24.3 Å². The van der Waals surface area contributed by atoms with Gasteiger partial charge in [0.15, 0.2) is 5.96 Å². The molecule has 1 unspecified atom stereocenters. The number of thiophene rings is 1. The predicted octanol–water partition coefficient (Wildman–Crippen LogP) is 3.87. The first-order valence-corrected chi connectivity index (χ1v) is 11.3. The van der Waals surface area contributed by atoms with Gasteiger partial charge in [0.1, 0.15) is 0 Å². The Labute approximate surface area is 178 Å². The van der Waals surface area contributed by atoms with Crippen molar-refractivity contribution in [3.05, 3.63) is 57.3 Å². The highest BCUT2D eigenvalue weighted by Gasteiger charge is 2.19. The first kappa shape index (κ1) is 21.4. The van der Waals surface area contributed by atoms with Crippen LogP contribution in [-0.4, -0.2) is 35.9 Å². The van der Waals surface area contributed by atoms with E-state index in [4.69, 9.17) is 4.99 Å². The number of carbonyl (C=O) groups is 1. The highest BCUT2D eigenvalue weighted by Crippen LogP contribution is 2.17. The minimum Gasteiger partial charge on any atom is -0.357 e. The van der Waals surface area contributed by atoms with E-state index in [-0.39, 0.29) is 5.91 Å². The molecule has 2 heterocycles. The van der Waals surface area contributed by atoms with E-state index in [9.17, 15) is 4.79 Å². The molecule has 6 heteroatoms.